The molecule has 0 aromatic carbocycles. The maximum Gasteiger partial charge on any atom is 0.252 e. The van der Waals surface area contributed by atoms with Crippen LogP contribution in [0.1, 0.15) is 23.3 Å². The fourth-order valence-electron chi connectivity index (χ4n) is 2.19. The summed E-state index contributed by atoms with van der Waals surface area (Å²) in [5.41, 5.74) is 6.68. The molecule has 2 N–H and O–H groups in total. The smallest absolute Gasteiger partial charge is 0.252 e. The molecule has 0 bridgehead atoms. The number of thiophene rings is 1. The number of sulfonamides is 1. The number of piperidine rings is 1. The molecule has 1 fully saturated rings. The second-order valence-corrected chi connectivity index (χ2v) is 7.98. The number of hydrogen-bond donors (Lipinski definition) is 1. The average Bonchev–Trinajstić information content (AvgIpc) is 2.58. The van der Waals surface area contributed by atoms with Crippen LogP contribution < -0.4 is 5.73 Å². The predicted molar refractivity (Wildman–Crippen MR) is 69.8 cm³/mol. The van der Waals surface area contributed by atoms with Gasteiger partial charge in [0.05, 0.1) is 0 Å². The highest BCUT2D eigenvalue weighted by atomic mass is 32.2. The lowest BCUT2D eigenvalue weighted by atomic mass is 10.1. The van der Waals surface area contributed by atoms with Crippen LogP contribution in [0, 0.1) is 13.8 Å². The highest BCUT2D eigenvalue weighted by molar-refractivity contribution is 7.91. The quantitative estimate of drug-likeness (QED) is 0.888. The molecule has 4 nitrogen and oxygen atoms in total. The van der Waals surface area contributed by atoms with E-state index < -0.39 is 10.0 Å². The summed E-state index contributed by atoms with van der Waals surface area (Å²) in [6.45, 7) is 4.81. The Bertz CT molecular complexity index is 508. The molecule has 1 saturated heterocycles. The summed E-state index contributed by atoms with van der Waals surface area (Å²) in [5.74, 6) is 0. The van der Waals surface area contributed by atoms with E-state index in [9.17, 15) is 8.42 Å². The normalized spacial score (nSPS) is 22.9. The summed E-state index contributed by atoms with van der Waals surface area (Å²) in [4.78, 5) is 1.03. The summed E-state index contributed by atoms with van der Waals surface area (Å²) in [6.07, 6.45) is 1.76. The Morgan fingerprint density at radius 3 is 2.71 bits per heavy atom. The number of aryl methyl sites for hydroxylation is 2. The standard InChI is InChI=1S/C11H18N2O2S2/c1-8-6-9(2)16-11(8)17(14,15)13-5-3-4-10(12)7-13/h6,10H,3-5,7,12H2,1-2H3. The molecule has 1 atom stereocenters. The Balaban J connectivity index is 2.33. The van der Waals surface area contributed by atoms with Crippen molar-refractivity contribution in [3.63, 3.8) is 0 Å². The first-order valence-corrected chi connectivity index (χ1v) is 7.99. The molecule has 1 aromatic heterocycles. The summed E-state index contributed by atoms with van der Waals surface area (Å²) in [6, 6.07) is 1.89. The van der Waals surface area contributed by atoms with Crippen LogP contribution in [0.15, 0.2) is 10.3 Å². The summed E-state index contributed by atoms with van der Waals surface area (Å²) >= 11 is 1.35. The first-order valence-electron chi connectivity index (χ1n) is 5.74. The Morgan fingerprint density at radius 2 is 2.18 bits per heavy atom. The van der Waals surface area contributed by atoms with E-state index in [1.54, 1.807) is 0 Å². The van der Waals surface area contributed by atoms with E-state index in [4.69, 9.17) is 5.73 Å². The molecule has 0 aliphatic carbocycles. The third-order valence-electron chi connectivity index (χ3n) is 2.99. The van der Waals surface area contributed by atoms with Crippen molar-refractivity contribution < 1.29 is 8.42 Å². The predicted octanol–water partition coefficient (Wildman–Crippen LogP) is 1.48. The highest BCUT2D eigenvalue weighted by Gasteiger charge is 2.31. The van der Waals surface area contributed by atoms with Crippen molar-refractivity contribution in [3.05, 3.63) is 16.5 Å². The summed E-state index contributed by atoms with van der Waals surface area (Å²) < 4.78 is 26.9. The Labute approximate surface area is 106 Å². The van der Waals surface area contributed by atoms with Gasteiger partial charge < -0.3 is 5.73 Å². The van der Waals surface area contributed by atoms with Gasteiger partial charge in [-0.25, -0.2) is 8.42 Å². The maximum atomic E-state index is 12.4. The average molecular weight is 274 g/mol. The van der Waals surface area contributed by atoms with Gasteiger partial charge >= 0.3 is 0 Å². The molecule has 0 spiro atoms. The minimum atomic E-state index is -3.33. The number of hydrogen-bond acceptors (Lipinski definition) is 4. The molecule has 1 aliphatic rings. The van der Waals surface area contributed by atoms with Gasteiger partial charge in [0, 0.05) is 24.0 Å². The molecule has 6 heteroatoms. The zero-order chi connectivity index (χ0) is 12.6. The zero-order valence-corrected chi connectivity index (χ0v) is 11.8. The fourth-order valence-corrected chi connectivity index (χ4v) is 5.52. The number of nitrogens with zero attached hydrogens (tertiary/aromatic N) is 1. The molecular weight excluding hydrogens is 256 g/mol. The van der Waals surface area contributed by atoms with Gasteiger partial charge in [0.15, 0.2) is 0 Å². The van der Waals surface area contributed by atoms with Crippen molar-refractivity contribution in [3.8, 4) is 0 Å². The molecule has 1 aromatic rings. The lowest BCUT2D eigenvalue weighted by molar-refractivity contribution is 0.316. The van der Waals surface area contributed by atoms with Crippen LogP contribution in [0.2, 0.25) is 0 Å². The van der Waals surface area contributed by atoms with Gasteiger partial charge in [-0.3, -0.25) is 0 Å². The molecule has 0 amide bonds. The third kappa shape index (κ3) is 2.54. The van der Waals surface area contributed by atoms with Crippen molar-refractivity contribution in [2.45, 2.75) is 36.9 Å². The van der Waals surface area contributed by atoms with Gasteiger partial charge in [-0.05, 0) is 38.3 Å². The van der Waals surface area contributed by atoms with Crippen LogP contribution >= 0.6 is 11.3 Å². The van der Waals surface area contributed by atoms with Crippen LogP contribution in [0.25, 0.3) is 0 Å². The molecule has 1 aliphatic heterocycles. The zero-order valence-electron chi connectivity index (χ0n) is 10.1. The van der Waals surface area contributed by atoms with Gasteiger partial charge in [-0.2, -0.15) is 4.31 Å². The van der Waals surface area contributed by atoms with Crippen molar-refractivity contribution in [1.29, 1.82) is 0 Å². The van der Waals surface area contributed by atoms with Crippen LogP contribution in [0.4, 0.5) is 0 Å². The number of rotatable bonds is 2. The van der Waals surface area contributed by atoms with Crippen LogP contribution in [0.5, 0.6) is 0 Å². The lowest BCUT2D eigenvalue weighted by Crippen LogP contribution is -2.45. The van der Waals surface area contributed by atoms with Crippen LogP contribution in [0.3, 0.4) is 0 Å². The third-order valence-corrected chi connectivity index (χ3v) is 6.62. The first-order chi connectivity index (χ1) is 7.91. The van der Waals surface area contributed by atoms with E-state index in [1.165, 1.54) is 15.6 Å². The van der Waals surface area contributed by atoms with Crippen LogP contribution in [-0.4, -0.2) is 31.9 Å². The van der Waals surface area contributed by atoms with Gasteiger partial charge in [0.2, 0.25) is 0 Å². The fraction of sp³-hybridized carbons (Fsp3) is 0.636. The Morgan fingerprint density at radius 1 is 1.47 bits per heavy atom. The van der Waals surface area contributed by atoms with E-state index in [2.05, 4.69) is 0 Å². The minimum absolute atomic E-state index is 0.0279. The van der Waals surface area contributed by atoms with Gasteiger partial charge in [0.25, 0.3) is 10.0 Å². The van der Waals surface area contributed by atoms with Crippen molar-refractivity contribution in [2.24, 2.45) is 5.73 Å². The van der Waals surface area contributed by atoms with E-state index in [0.29, 0.717) is 17.3 Å². The molecule has 2 rings (SSSR count). The molecule has 0 radical (unpaired) electrons. The Hall–Kier alpha value is -0.430. The van der Waals surface area contributed by atoms with E-state index in [0.717, 1.165) is 23.3 Å². The monoisotopic (exact) mass is 274 g/mol. The topological polar surface area (TPSA) is 63.4 Å². The largest absolute Gasteiger partial charge is 0.327 e. The van der Waals surface area contributed by atoms with Crippen molar-refractivity contribution in [2.75, 3.05) is 13.1 Å². The first kappa shape index (κ1) is 13.0. The molecule has 17 heavy (non-hydrogen) atoms. The molecule has 96 valence electrons. The van der Waals surface area contributed by atoms with Crippen LogP contribution in [-0.2, 0) is 10.0 Å². The summed E-state index contributed by atoms with van der Waals surface area (Å²) in [7, 11) is -3.33. The summed E-state index contributed by atoms with van der Waals surface area (Å²) in [5, 5.41) is 0. The number of nitrogens with two attached hydrogens (primary N) is 1. The molecular formula is C11H18N2O2S2. The van der Waals surface area contributed by atoms with Gasteiger partial charge in [-0.1, -0.05) is 0 Å². The molecule has 2 heterocycles. The molecule has 1 unspecified atom stereocenters. The maximum absolute atomic E-state index is 12.4. The Kier molecular flexibility index (Phi) is 3.58. The van der Waals surface area contributed by atoms with Gasteiger partial charge in [-0.15, -0.1) is 11.3 Å². The minimum Gasteiger partial charge on any atom is -0.327 e. The van der Waals surface area contributed by atoms with Crippen molar-refractivity contribution >= 4 is 21.4 Å². The van der Waals surface area contributed by atoms with E-state index in [1.807, 2.05) is 19.9 Å². The van der Waals surface area contributed by atoms with E-state index in [-0.39, 0.29) is 6.04 Å². The second kappa shape index (κ2) is 4.68. The SMILES string of the molecule is Cc1cc(C)c(S(=O)(=O)N2CCCC(N)C2)s1. The second-order valence-electron chi connectivity index (χ2n) is 4.59. The lowest BCUT2D eigenvalue weighted by Gasteiger charge is -2.29. The highest BCUT2D eigenvalue weighted by Crippen LogP contribution is 2.30. The van der Waals surface area contributed by atoms with Gasteiger partial charge in [0.1, 0.15) is 4.21 Å². The van der Waals surface area contributed by atoms with E-state index >= 15 is 0 Å². The van der Waals surface area contributed by atoms with Crippen molar-refractivity contribution in [1.82, 2.24) is 4.31 Å². The molecule has 0 saturated carbocycles.